The van der Waals surface area contributed by atoms with E-state index in [0.717, 1.165) is 64.2 Å². The molecule has 0 aromatic rings. The largest absolute Gasteiger partial charge is 2.00 e. The van der Waals surface area contributed by atoms with Gasteiger partial charge in [0, 0.05) is 0 Å². The van der Waals surface area contributed by atoms with Gasteiger partial charge in [-0.15, -0.1) is 0 Å². The van der Waals surface area contributed by atoms with E-state index in [1.54, 1.807) is 0 Å². The van der Waals surface area contributed by atoms with E-state index in [1.165, 1.54) is 0 Å². The molecule has 0 spiro atoms. The van der Waals surface area contributed by atoms with Crippen LogP contribution >= 0.6 is 31.9 Å². The van der Waals surface area contributed by atoms with Gasteiger partial charge in [-0.25, -0.2) is 0 Å². The fourth-order valence-corrected chi connectivity index (χ4v) is 3.75. The third-order valence-corrected chi connectivity index (χ3v) is 6.26. The molecule has 0 N–H and O–H groups in total. The molecule has 0 heterocycles. The second-order valence-electron chi connectivity index (χ2n) is 5.63. The molecule has 4 nitrogen and oxygen atoms in total. The van der Waals surface area contributed by atoms with Gasteiger partial charge in [-0.3, -0.25) is 0 Å². The Morgan fingerprint density at radius 2 is 0.905 bits per heavy atom. The Labute approximate surface area is 163 Å². The second kappa shape index (κ2) is 9.86. The van der Waals surface area contributed by atoms with Crippen molar-refractivity contribution >= 4 is 43.8 Å². The van der Waals surface area contributed by atoms with Crippen molar-refractivity contribution in [1.82, 2.24) is 0 Å². The van der Waals surface area contributed by atoms with Crippen molar-refractivity contribution in [2.24, 2.45) is 0 Å². The minimum atomic E-state index is -0.952. The fraction of sp³-hybridized carbons (Fsp3) is 0.857. The van der Waals surface area contributed by atoms with Gasteiger partial charge in [-0.1, -0.05) is 70.4 Å². The smallest absolute Gasteiger partial charge is 0.549 e. The number of aliphatic carboxylic acids is 2. The Morgan fingerprint density at radius 3 is 1.05 bits per heavy atom. The summed E-state index contributed by atoms with van der Waals surface area (Å²) in [6.07, 6.45) is 9.17. The number of carboxylic acids is 2. The van der Waals surface area contributed by atoms with Crippen LogP contribution in [0.15, 0.2) is 0 Å². The molecule has 21 heavy (non-hydrogen) atoms. The summed E-state index contributed by atoms with van der Waals surface area (Å²) < 4.78 is -1.41. The van der Waals surface area contributed by atoms with Crippen molar-refractivity contribution in [2.75, 3.05) is 0 Å². The number of hydrogen-bond acceptors (Lipinski definition) is 4. The van der Waals surface area contributed by atoms with Crippen molar-refractivity contribution in [1.29, 1.82) is 0 Å². The minimum absolute atomic E-state index is 0. The van der Waals surface area contributed by atoms with E-state index in [0.29, 0.717) is 0 Å². The molecule has 0 aromatic carbocycles. The molecule has 2 aliphatic rings. The third-order valence-electron chi connectivity index (χ3n) is 4.02. The monoisotopic (exact) mass is 612 g/mol. The maximum absolute atomic E-state index is 10.5. The Hall–Kier alpha value is 0.835. The molecular weight excluding hydrogens is 593 g/mol. The topological polar surface area (TPSA) is 80.3 Å². The Kier molecular flexibility index (Phi) is 10.3. The molecule has 2 aliphatic carbocycles. The summed E-state index contributed by atoms with van der Waals surface area (Å²) in [6, 6.07) is 0. The van der Waals surface area contributed by atoms with E-state index in [4.69, 9.17) is 0 Å². The van der Waals surface area contributed by atoms with E-state index < -0.39 is 20.6 Å². The van der Waals surface area contributed by atoms with E-state index in [2.05, 4.69) is 31.9 Å². The molecule has 2 fully saturated rings. The van der Waals surface area contributed by atoms with E-state index in [-0.39, 0.29) is 27.7 Å². The van der Waals surface area contributed by atoms with Gasteiger partial charge in [0.2, 0.25) is 0 Å². The number of carbonyl (C=O) groups excluding carboxylic acids is 2. The predicted molar refractivity (Wildman–Crippen MR) is 79.5 cm³/mol. The molecule has 0 radical (unpaired) electrons. The van der Waals surface area contributed by atoms with E-state index in [1.807, 2.05) is 0 Å². The van der Waals surface area contributed by atoms with Gasteiger partial charge in [-0.2, -0.15) is 0 Å². The van der Waals surface area contributed by atoms with Crippen LogP contribution in [-0.2, 0) is 37.3 Å². The summed E-state index contributed by atoms with van der Waals surface area (Å²) in [5.41, 5.74) is 0. The Balaban J connectivity index is 0.000000364. The number of hydrogen-bond donors (Lipinski definition) is 0. The first-order chi connectivity index (χ1) is 9.30. The maximum Gasteiger partial charge on any atom is 2.00 e. The molecule has 0 atom stereocenters. The normalized spacial score (nSPS) is 23.0. The number of halogens is 2. The maximum atomic E-state index is 10.5. The molecule has 7 heteroatoms. The standard InChI is InChI=1S/2C7H11BrO2.Hg/c2*8-7(6(9)10)4-2-1-3-5-7;/h2*1-5H2,(H,9,10);/q;;+2/p-2. The first kappa shape index (κ1) is 21.8. The molecule has 0 amide bonds. The fourth-order valence-electron chi connectivity index (χ4n) is 2.63. The number of alkyl halides is 2. The van der Waals surface area contributed by atoms with Gasteiger partial charge in [0.1, 0.15) is 0 Å². The molecule has 0 unspecified atom stereocenters. The van der Waals surface area contributed by atoms with Crippen molar-refractivity contribution in [3.8, 4) is 0 Å². The predicted octanol–water partition coefficient (Wildman–Crippen LogP) is 1.67. The van der Waals surface area contributed by atoms with Crippen LogP contribution in [0.4, 0.5) is 0 Å². The van der Waals surface area contributed by atoms with Crippen LogP contribution in [0.1, 0.15) is 64.2 Å². The van der Waals surface area contributed by atoms with Gasteiger partial charge in [0.15, 0.2) is 0 Å². The average molecular weight is 613 g/mol. The van der Waals surface area contributed by atoms with Crippen LogP contribution in [0.25, 0.3) is 0 Å². The van der Waals surface area contributed by atoms with Crippen molar-refractivity contribution in [3.63, 3.8) is 0 Å². The summed E-state index contributed by atoms with van der Waals surface area (Å²) in [4.78, 5) is 21.0. The first-order valence-electron chi connectivity index (χ1n) is 7.11. The van der Waals surface area contributed by atoms with Gasteiger partial charge in [0.05, 0.1) is 20.6 Å². The van der Waals surface area contributed by atoms with Gasteiger partial charge in [-0.05, 0) is 25.7 Å². The van der Waals surface area contributed by atoms with E-state index >= 15 is 0 Å². The molecule has 2 rings (SSSR count). The summed E-state index contributed by atoms with van der Waals surface area (Å²) in [7, 11) is 0. The molecular formula is C14H20Br2HgO4. The quantitative estimate of drug-likeness (QED) is 0.351. The zero-order valence-corrected chi connectivity index (χ0v) is 20.8. The molecule has 0 aromatic heterocycles. The van der Waals surface area contributed by atoms with Crippen molar-refractivity contribution in [2.45, 2.75) is 72.9 Å². The summed E-state index contributed by atoms with van der Waals surface area (Å²) in [6.45, 7) is 0. The van der Waals surface area contributed by atoms with Crippen LogP contribution < -0.4 is 10.2 Å². The van der Waals surface area contributed by atoms with Crippen LogP contribution in [0, 0.1) is 0 Å². The number of rotatable bonds is 2. The zero-order valence-electron chi connectivity index (χ0n) is 12.2. The molecule has 0 aliphatic heterocycles. The van der Waals surface area contributed by atoms with E-state index in [9.17, 15) is 19.8 Å². The van der Waals surface area contributed by atoms with Crippen LogP contribution in [-0.4, -0.2) is 20.6 Å². The Bertz CT molecular complexity index is 317. The van der Waals surface area contributed by atoms with Crippen molar-refractivity contribution < 1.29 is 47.5 Å². The SMILES string of the molecule is O=C([O-])C1(Br)CCCCC1.O=C([O-])C1(Br)CCCCC1.[Hg+2]. The number of carboxylic acid groups (broad SMARTS) is 2. The molecule has 0 saturated heterocycles. The first-order valence-corrected chi connectivity index (χ1v) is 8.69. The minimum Gasteiger partial charge on any atom is -0.549 e. The van der Waals surface area contributed by atoms with Crippen LogP contribution in [0.2, 0.25) is 0 Å². The van der Waals surface area contributed by atoms with Crippen LogP contribution in [0.5, 0.6) is 0 Å². The average Bonchev–Trinajstić information content (AvgIpc) is 2.41. The second-order valence-corrected chi connectivity index (χ2v) is 8.66. The van der Waals surface area contributed by atoms with Gasteiger partial charge >= 0.3 is 27.7 Å². The summed E-state index contributed by atoms with van der Waals surface area (Å²) >= 11 is 6.40. The Morgan fingerprint density at radius 1 is 0.667 bits per heavy atom. The molecule has 0 bridgehead atoms. The summed E-state index contributed by atoms with van der Waals surface area (Å²) in [5, 5.41) is 21.0. The molecule has 2 saturated carbocycles. The van der Waals surface area contributed by atoms with Gasteiger partial charge in [0.25, 0.3) is 0 Å². The number of carbonyl (C=O) groups is 2. The van der Waals surface area contributed by atoms with Gasteiger partial charge < -0.3 is 19.8 Å². The third kappa shape index (κ3) is 6.86. The van der Waals surface area contributed by atoms with Crippen molar-refractivity contribution in [3.05, 3.63) is 0 Å². The zero-order chi connectivity index (χ0) is 15.2. The summed E-state index contributed by atoms with van der Waals surface area (Å²) in [5.74, 6) is -1.90. The van der Waals surface area contributed by atoms with Crippen LogP contribution in [0.3, 0.4) is 0 Å². The molecule has 116 valence electrons.